The zero-order valence-corrected chi connectivity index (χ0v) is 8.29. The molecule has 1 aliphatic rings. The summed E-state index contributed by atoms with van der Waals surface area (Å²) in [5, 5.41) is 21.2. The van der Waals surface area contributed by atoms with Crippen LogP contribution in [0.15, 0.2) is 36.4 Å². The summed E-state index contributed by atoms with van der Waals surface area (Å²) < 4.78 is 0. The lowest BCUT2D eigenvalue weighted by molar-refractivity contribution is -0.161. The van der Waals surface area contributed by atoms with Crippen molar-refractivity contribution in [2.24, 2.45) is 0 Å². The first-order chi connectivity index (χ1) is 7.70. The lowest BCUT2D eigenvalue weighted by Gasteiger charge is -2.28. The van der Waals surface area contributed by atoms with E-state index in [1.54, 1.807) is 24.3 Å². The third kappa shape index (κ3) is 1.02. The molecule has 3 rings (SSSR count). The van der Waals surface area contributed by atoms with Gasteiger partial charge in [0.2, 0.25) is 0 Å². The van der Waals surface area contributed by atoms with E-state index in [0.717, 1.165) is 5.39 Å². The summed E-state index contributed by atoms with van der Waals surface area (Å²) in [6, 6.07) is 10.6. The van der Waals surface area contributed by atoms with Gasteiger partial charge >= 0.3 is 0 Å². The molecular formula is C12H9NO3. The van der Waals surface area contributed by atoms with Crippen LogP contribution >= 0.6 is 0 Å². The molecule has 2 aromatic rings. The first-order valence-electron chi connectivity index (χ1n) is 4.92. The maximum atomic E-state index is 11.7. The minimum absolute atomic E-state index is 0.358. The van der Waals surface area contributed by atoms with E-state index in [-0.39, 0.29) is 0 Å². The van der Waals surface area contributed by atoms with Crippen LogP contribution in [0.3, 0.4) is 0 Å². The molecule has 2 N–H and O–H groups in total. The number of hydrogen-bond donors (Lipinski definition) is 2. The van der Waals surface area contributed by atoms with E-state index in [1.807, 2.05) is 12.1 Å². The topological polar surface area (TPSA) is 60.8 Å². The van der Waals surface area contributed by atoms with Crippen LogP contribution in [-0.4, -0.2) is 21.3 Å². The molecule has 0 aromatic heterocycles. The van der Waals surface area contributed by atoms with Crippen molar-refractivity contribution in [1.82, 2.24) is 5.06 Å². The van der Waals surface area contributed by atoms with Crippen LogP contribution in [0.1, 0.15) is 22.1 Å². The smallest absolute Gasteiger partial charge is 0.280 e. The number of amides is 1. The summed E-state index contributed by atoms with van der Waals surface area (Å²) in [5.41, 5.74) is 0.969. The third-order valence-electron chi connectivity index (χ3n) is 2.89. The summed E-state index contributed by atoms with van der Waals surface area (Å²) in [6.07, 6.45) is -1.29. The van der Waals surface area contributed by atoms with Crippen molar-refractivity contribution in [3.05, 3.63) is 47.5 Å². The number of aliphatic hydroxyl groups excluding tert-OH is 1. The summed E-state index contributed by atoms with van der Waals surface area (Å²) in [6.45, 7) is 0. The van der Waals surface area contributed by atoms with Gasteiger partial charge in [0.15, 0.2) is 6.23 Å². The summed E-state index contributed by atoms with van der Waals surface area (Å²) in [5.74, 6) is -0.572. The van der Waals surface area contributed by atoms with Gasteiger partial charge in [-0.15, -0.1) is 0 Å². The van der Waals surface area contributed by atoms with Crippen molar-refractivity contribution in [2.75, 3.05) is 0 Å². The minimum Gasteiger partial charge on any atom is -0.367 e. The predicted molar refractivity (Wildman–Crippen MR) is 56.9 cm³/mol. The average Bonchev–Trinajstić information content (AvgIpc) is 2.33. The molecule has 16 heavy (non-hydrogen) atoms. The Balaban J connectivity index is 2.48. The van der Waals surface area contributed by atoms with Crippen molar-refractivity contribution in [2.45, 2.75) is 6.23 Å². The molecule has 1 atom stereocenters. The number of carbonyl (C=O) groups excluding carboxylic acids is 1. The zero-order valence-electron chi connectivity index (χ0n) is 8.29. The Morgan fingerprint density at radius 1 is 1.12 bits per heavy atom. The molecule has 1 unspecified atom stereocenters. The number of rotatable bonds is 0. The van der Waals surface area contributed by atoms with Gasteiger partial charge in [0.1, 0.15) is 0 Å². The molecule has 2 aromatic carbocycles. The van der Waals surface area contributed by atoms with Crippen LogP contribution in [0.5, 0.6) is 0 Å². The van der Waals surface area contributed by atoms with Crippen molar-refractivity contribution in [3.63, 3.8) is 0 Å². The maximum Gasteiger partial charge on any atom is 0.280 e. The largest absolute Gasteiger partial charge is 0.367 e. The second-order valence-corrected chi connectivity index (χ2v) is 3.77. The normalized spacial score (nSPS) is 19.2. The molecule has 0 saturated heterocycles. The Labute approximate surface area is 91.3 Å². The van der Waals surface area contributed by atoms with Crippen molar-refractivity contribution in [3.8, 4) is 0 Å². The Morgan fingerprint density at radius 2 is 1.81 bits per heavy atom. The van der Waals surface area contributed by atoms with Crippen LogP contribution < -0.4 is 0 Å². The van der Waals surface area contributed by atoms with E-state index in [9.17, 15) is 15.1 Å². The minimum atomic E-state index is -1.29. The molecule has 0 saturated carbocycles. The summed E-state index contributed by atoms with van der Waals surface area (Å²) in [4.78, 5) is 11.7. The summed E-state index contributed by atoms with van der Waals surface area (Å²) in [7, 11) is 0. The fourth-order valence-electron chi connectivity index (χ4n) is 2.13. The van der Waals surface area contributed by atoms with E-state index in [1.165, 1.54) is 0 Å². The lowest BCUT2D eigenvalue weighted by atomic mass is 9.94. The van der Waals surface area contributed by atoms with Gasteiger partial charge in [-0.05, 0) is 11.5 Å². The van der Waals surface area contributed by atoms with Gasteiger partial charge in [0.25, 0.3) is 5.91 Å². The number of aliphatic hydroxyl groups is 1. The van der Waals surface area contributed by atoms with Crippen LogP contribution in [-0.2, 0) is 0 Å². The molecule has 1 aliphatic heterocycles. The van der Waals surface area contributed by atoms with Crippen LogP contribution in [0.4, 0.5) is 0 Å². The molecule has 1 amide bonds. The van der Waals surface area contributed by atoms with Gasteiger partial charge in [0.05, 0.1) is 5.56 Å². The Morgan fingerprint density at radius 3 is 2.56 bits per heavy atom. The first-order valence-corrected chi connectivity index (χ1v) is 4.92. The Hall–Kier alpha value is -1.91. The molecule has 0 fully saturated rings. The molecule has 1 heterocycles. The van der Waals surface area contributed by atoms with E-state index in [2.05, 4.69) is 0 Å². The number of nitrogens with zero attached hydrogens (tertiary/aromatic N) is 1. The van der Waals surface area contributed by atoms with Gasteiger partial charge in [0, 0.05) is 10.9 Å². The number of hydroxylamine groups is 2. The van der Waals surface area contributed by atoms with Gasteiger partial charge < -0.3 is 5.11 Å². The zero-order chi connectivity index (χ0) is 11.3. The monoisotopic (exact) mass is 215 g/mol. The molecular weight excluding hydrogens is 206 g/mol. The maximum absolute atomic E-state index is 11.7. The molecule has 4 nitrogen and oxygen atoms in total. The summed E-state index contributed by atoms with van der Waals surface area (Å²) >= 11 is 0. The highest BCUT2D eigenvalue weighted by molar-refractivity contribution is 6.09. The molecule has 0 spiro atoms. The molecule has 4 heteroatoms. The molecule has 80 valence electrons. The molecule has 0 bridgehead atoms. The molecule has 0 aliphatic carbocycles. The van der Waals surface area contributed by atoms with Crippen LogP contribution in [0, 0.1) is 0 Å². The van der Waals surface area contributed by atoms with E-state index < -0.39 is 12.1 Å². The van der Waals surface area contributed by atoms with E-state index >= 15 is 0 Å². The standard InChI is InChI=1S/C12H9NO3/c14-11-8-5-1-3-7-4-2-6-9(10(7)8)12(15)13(11)16/h1-6,11,14,16H. The number of benzene rings is 2. The van der Waals surface area contributed by atoms with Crippen molar-refractivity contribution in [1.29, 1.82) is 0 Å². The predicted octanol–water partition coefficient (Wildman–Crippen LogP) is 1.68. The Kier molecular flexibility index (Phi) is 1.77. The highest BCUT2D eigenvalue weighted by Crippen LogP contribution is 2.34. The highest BCUT2D eigenvalue weighted by Gasteiger charge is 2.31. The first kappa shape index (κ1) is 9.33. The van der Waals surface area contributed by atoms with Crippen molar-refractivity contribution >= 4 is 16.7 Å². The number of hydrogen-bond acceptors (Lipinski definition) is 3. The fourth-order valence-corrected chi connectivity index (χ4v) is 2.13. The van der Waals surface area contributed by atoms with Crippen LogP contribution in [0.2, 0.25) is 0 Å². The van der Waals surface area contributed by atoms with Gasteiger partial charge in [-0.3, -0.25) is 10.0 Å². The fraction of sp³-hybridized carbons (Fsp3) is 0.0833. The molecule has 0 radical (unpaired) electrons. The van der Waals surface area contributed by atoms with Crippen molar-refractivity contribution < 1.29 is 15.1 Å². The van der Waals surface area contributed by atoms with Gasteiger partial charge in [-0.1, -0.05) is 30.3 Å². The van der Waals surface area contributed by atoms with E-state index in [4.69, 9.17) is 0 Å². The third-order valence-corrected chi connectivity index (χ3v) is 2.89. The second-order valence-electron chi connectivity index (χ2n) is 3.77. The lowest BCUT2D eigenvalue weighted by Crippen LogP contribution is -2.35. The number of carbonyl (C=O) groups is 1. The van der Waals surface area contributed by atoms with Gasteiger partial charge in [-0.2, -0.15) is 5.06 Å². The van der Waals surface area contributed by atoms with Gasteiger partial charge in [-0.25, -0.2) is 0 Å². The SMILES string of the molecule is O=C1c2cccc3cccc(c23)C(O)N1O. The Bertz CT molecular complexity index is 589. The second kappa shape index (κ2) is 3.04. The average molecular weight is 215 g/mol. The van der Waals surface area contributed by atoms with E-state index in [0.29, 0.717) is 21.6 Å². The van der Waals surface area contributed by atoms with Crippen LogP contribution in [0.25, 0.3) is 10.8 Å². The quantitative estimate of drug-likeness (QED) is 0.657. The highest BCUT2D eigenvalue weighted by atomic mass is 16.5.